The molecule has 1 aliphatic heterocycles. The summed E-state index contributed by atoms with van der Waals surface area (Å²) in [5, 5.41) is 10.2. The Morgan fingerprint density at radius 3 is 2.71 bits per heavy atom. The predicted octanol–water partition coefficient (Wildman–Crippen LogP) is 2.38. The summed E-state index contributed by atoms with van der Waals surface area (Å²) in [6.07, 6.45) is 6.86. The molecule has 2 rings (SSSR count). The maximum atomic E-state index is 10.2. The van der Waals surface area contributed by atoms with Crippen molar-refractivity contribution in [3.8, 4) is 0 Å². The fourth-order valence-corrected chi connectivity index (χ4v) is 2.71. The van der Waals surface area contributed by atoms with E-state index in [1.165, 1.54) is 19.3 Å². The number of nitrogens with zero attached hydrogens (tertiary/aromatic N) is 2. The molecule has 1 saturated heterocycles. The van der Waals surface area contributed by atoms with Crippen LogP contribution in [0.15, 0.2) is 24.5 Å². The maximum Gasteiger partial charge on any atom is 0.0931 e. The summed E-state index contributed by atoms with van der Waals surface area (Å²) < 4.78 is 0. The summed E-state index contributed by atoms with van der Waals surface area (Å²) in [6.45, 7) is 5.23. The second kappa shape index (κ2) is 5.61. The zero-order chi connectivity index (χ0) is 12.3. The van der Waals surface area contributed by atoms with Crippen LogP contribution in [-0.2, 0) is 0 Å². The van der Waals surface area contributed by atoms with Gasteiger partial charge in [0.2, 0.25) is 0 Å². The van der Waals surface area contributed by atoms with Crippen LogP contribution in [0.2, 0.25) is 0 Å². The highest BCUT2D eigenvalue weighted by Gasteiger charge is 2.26. The van der Waals surface area contributed by atoms with Gasteiger partial charge in [-0.15, -0.1) is 0 Å². The molecule has 1 fully saturated rings. The van der Waals surface area contributed by atoms with Gasteiger partial charge in [0, 0.05) is 36.6 Å². The lowest BCUT2D eigenvalue weighted by Crippen LogP contribution is -2.45. The summed E-state index contributed by atoms with van der Waals surface area (Å²) in [7, 11) is 0. The van der Waals surface area contributed by atoms with E-state index in [4.69, 9.17) is 0 Å². The molecule has 1 N–H and O–H groups in total. The van der Waals surface area contributed by atoms with Crippen LogP contribution in [0.5, 0.6) is 0 Å². The number of likely N-dealkylation sites (tertiary alicyclic amines) is 1. The molecule has 0 bridgehead atoms. The van der Waals surface area contributed by atoms with Gasteiger partial charge in [-0.25, -0.2) is 0 Å². The maximum absolute atomic E-state index is 10.2. The normalized spacial score (nSPS) is 27.9. The molecule has 3 heteroatoms. The highest BCUT2D eigenvalue weighted by atomic mass is 16.3. The summed E-state index contributed by atoms with van der Waals surface area (Å²) in [4.78, 5) is 6.48. The third-order valence-corrected chi connectivity index (χ3v) is 3.83. The molecule has 1 aromatic rings. The number of hydrogen-bond acceptors (Lipinski definition) is 3. The van der Waals surface area contributed by atoms with Crippen LogP contribution < -0.4 is 0 Å². The Balaban J connectivity index is 2.00. The zero-order valence-corrected chi connectivity index (χ0v) is 10.7. The van der Waals surface area contributed by atoms with E-state index in [2.05, 4.69) is 23.7 Å². The van der Waals surface area contributed by atoms with Crippen molar-refractivity contribution in [2.24, 2.45) is 0 Å². The molecule has 3 atom stereocenters. The molecular weight excluding hydrogens is 212 g/mol. The Morgan fingerprint density at radius 2 is 2.12 bits per heavy atom. The Labute approximate surface area is 103 Å². The van der Waals surface area contributed by atoms with Crippen LogP contribution in [0.3, 0.4) is 0 Å². The Hall–Kier alpha value is -0.930. The first-order chi connectivity index (χ1) is 8.18. The van der Waals surface area contributed by atoms with Gasteiger partial charge < -0.3 is 5.11 Å². The number of aromatic nitrogens is 1. The Morgan fingerprint density at radius 1 is 1.41 bits per heavy atom. The van der Waals surface area contributed by atoms with Crippen molar-refractivity contribution in [2.45, 2.75) is 51.3 Å². The molecule has 1 aromatic heterocycles. The van der Waals surface area contributed by atoms with E-state index in [1.807, 2.05) is 12.1 Å². The van der Waals surface area contributed by atoms with Crippen molar-refractivity contribution in [3.63, 3.8) is 0 Å². The van der Waals surface area contributed by atoms with Gasteiger partial charge in [-0.3, -0.25) is 9.88 Å². The molecule has 94 valence electrons. The van der Waals surface area contributed by atoms with Gasteiger partial charge in [0.15, 0.2) is 0 Å². The van der Waals surface area contributed by atoms with E-state index in [0.717, 1.165) is 5.56 Å². The van der Waals surface area contributed by atoms with Gasteiger partial charge in [-0.2, -0.15) is 0 Å². The number of pyridine rings is 1. The van der Waals surface area contributed by atoms with E-state index in [0.29, 0.717) is 18.6 Å². The number of aliphatic hydroxyl groups is 1. The summed E-state index contributed by atoms with van der Waals surface area (Å²) in [5.41, 5.74) is 0.914. The molecule has 0 aromatic carbocycles. The smallest absolute Gasteiger partial charge is 0.0931 e. The van der Waals surface area contributed by atoms with Gasteiger partial charge >= 0.3 is 0 Å². The van der Waals surface area contributed by atoms with Crippen LogP contribution in [-0.4, -0.2) is 33.6 Å². The van der Waals surface area contributed by atoms with E-state index in [1.54, 1.807) is 12.4 Å². The van der Waals surface area contributed by atoms with Crippen molar-refractivity contribution in [2.75, 3.05) is 6.54 Å². The second-order valence-corrected chi connectivity index (χ2v) is 5.13. The fourth-order valence-electron chi connectivity index (χ4n) is 2.71. The minimum absolute atomic E-state index is 0.424. The molecule has 0 saturated carbocycles. The Kier molecular flexibility index (Phi) is 4.13. The standard InChI is InChI=1S/C14H22N2O/c1-11-5-3-6-12(2)16(11)10-14(17)13-7-4-8-15-9-13/h4,7-9,11-12,14,17H,3,5-6,10H2,1-2H3. The summed E-state index contributed by atoms with van der Waals surface area (Å²) in [5.74, 6) is 0. The first-order valence-electron chi connectivity index (χ1n) is 6.52. The Bertz CT molecular complexity index is 331. The van der Waals surface area contributed by atoms with Crippen LogP contribution in [0.1, 0.15) is 44.8 Å². The average molecular weight is 234 g/mol. The first kappa shape index (κ1) is 12.5. The molecule has 0 spiro atoms. The van der Waals surface area contributed by atoms with Gasteiger partial charge in [-0.05, 0) is 32.8 Å². The largest absolute Gasteiger partial charge is 0.387 e. The molecule has 0 amide bonds. The molecular formula is C14H22N2O. The topological polar surface area (TPSA) is 36.4 Å². The van der Waals surface area contributed by atoms with Gasteiger partial charge in [-0.1, -0.05) is 12.5 Å². The lowest BCUT2D eigenvalue weighted by molar-refractivity contribution is 0.0410. The number of β-amino-alcohol motifs (C(OH)–C–C–N with tert-alkyl or cyclic N) is 1. The van der Waals surface area contributed by atoms with Gasteiger partial charge in [0.1, 0.15) is 0 Å². The van der Waals surface area contributed by atoms with Crippen molar-refractivity contribution in [3.05, 3.63) is 30.1 Å². The summed E-state index contributed by atoms with van der Waals surface area (Å²) >= 11 is 0. The molecule has 3 unspecified atom stereocenters. The molecule has 3 nitrogen and oxygen atoms in total. The van der Waals surface area contributed by atoms with E-state index < -0.39 is 6.10 Å². The van der Waals surface area contributed by atoms with Crippen LogP contribution in [0.25, 0.3) is 0 Å². The SMILES string of the molecule is CC1CCCC(C)N1CC(O)c1cccnc1. The van der Waals surface area contributed by atoms with Gasteiger partial charge in [0.25, 0.3) is 0 Å². The minimum atomic E-state index is -0.424. The van der Waals surface area contributed by atoms with Crippen LogP contribution in [0, 0.1) is 0 Å². The first-order valence-corrected chi connectivity index (χ1v) is 6.52. The van der Waals surface area contributed by atoms with Crippen molar-refractivity contribution in [1.29, 1.82) is 0 Å². The van der Waals surface area contributed by atoms with E-state index >= 15 is 0 Å². The lowest BCUT2D eigenvalue weighted by atomic mass is 9.96. The monoisotopic (exact) mass is 234 g/mol. The highest BCUT2D eigenvalue weighted by Crippen LogP contribution is 2.25. The number of rotatable bonds is 3. The average Bonchev–Trinajstić information content (AvgIpc) is 2.35. The third kappa shape index (κ3) is 3.05. The van der Waals surface area contributed by atoms with Gasteiger partial charge in [0.05, 0.1) is 6.10 Å². The van der Waals surface area contributed by atoms with E-state index in [-0.39, 0.29) is 0 Å². The van der Waals surface area contributed by atoms with Crippen molar-refractivity contribution >= 4 is 0 Å². The second-order valence-electron chi connectivity index (χ2n) is 5.13. The van der Waals surface area contributed by atoms with Crippen LogP contribution in [0.4, 0.5) is 0 Å². The fraction of sp³-hybridized carbons (Fsp3) is 0.643. The molecule has 2 heterocycles. The van der Waals surface area contributed by atoms with Crippen LogP contribution >= 0.6 is 0 Å². The van der Waals surface area contributed by atoms with Crippen molar-refractivity contribution in [1.82, 2.24) is 9.88 Å². The summed E-state index contributed by atoms with van der Waals surface area (Å²) in [6, 6.07) is 4.97. The number of hydrogen-bond donors (Lipinski definition) is 1. The number of aliphatic hydroxyl groups excluding tert-OH is 1. The predicted molar refractivity (Wildman–Crippen MR) is 68.7 cm³/mol. The molecule has 0 aliphatic carbocycles. The minimum Gasteiger partial charge on any atom is -0.387 e. The zero-order valence-electron chi connectivity index (χ0n) is 10.7. The van der Waals surface area contributed by atoms with E-state index in [9.17, 15) is 5.11 Å². The number of piperidine rings is 1. The van der Waals surface area contributed by atoms with Crippen molar-refractivity contribution < 1.29 is 5.11 Å². The molecule has 17 heavy (non-hydrogen) atoms. The molecule has 0 radical (unpaired) electrons. The highest BCUT2D eigenvalue weighted by molar-refractivity contribution is 5.12. The lowest BCUT2D eigenvalue weighted by Gasteiger charge is -2.40. The molecule has 1 aliphatic rings. The third-order valence-electron chi connectivity index (χ3n) is 3.83. The quantitative estimate of drug-likeness (QED) is 0.872.